The van der Waals surface area contributed by atoms with Gasteiger partial charge in [-0.25, -0.2) is 0 Å². The van der Waals surface area contributed by atoms with Gasteiger partial charge in [-0.3, -0.25) is 4.79 Å². The first-order chi connectivity index (χ1) is 7.47. The number of hydrogen-bond donors (Lipinski definition) is 2. The van der Waals surface area contributed by atoms with Crippen LogP contribution in [0.1, 0.15) is 18.9 Å². The van der Waals surface area contributed by atoms with Crippen molar-refractivity contribution in [2.75, 3.05) is 7.11 Å². The molecule has 0 heterocycles. The highest BCUT2D eigenvalue weighted by molar-refractivity contribution is 5.68. The summed E-state index contributed by atoms with van der Waals surface area (Å²) < 4.78 is 5.22. The van der Waals surface area contributed by atoms with Gasteiger partial charge >= 0.3 is 5.97 Å². The standard InChI is InChI=1S/C12H16O4/c1-12(16-2,8-11(14)15)7-9-5-3-4-6-10(9)13/h3-6,13H,7-8H2,1-2H3,(H,14,15). The molecule has 0 aliphatic rings. The fraction of sp³-hybridized carbons (Fsp3) is 0.417. The minimum absolute atomic E-state index is 0.0994. The van der Waals surface area contributed by atoms with Gasteiger partial charge in [0, 0.05) is 13.5 Å². The molecule has 1 atom stereocenters. The van der Waals surface area contributed by atoms with E-state index in [-0.39, 0.29) is 12.2 Å². The summed E-state index contributed by atoms with van der Waals surface area (Å²) in [5.41, 5.74) is -0.113. The summed E-state index contributed by atoms with van der Waals surface area (Å²) >= 11 is 0. The molecule has 1 aromatic carbocycles. The van der Waals surface area contributed by atoms with Gasteiger partial charge in [0.1, 0.15) is 5.75 Å². The number of phenols is 1. The molecular weight excluding hydrogens is 208 g/mol. The van der Waals surface area contributed by atoms with E-state index in [2.05, 4.69) is 0 Å². The Labute approximate surface area is 94.5 Å². The molecule has 0 bridgehead atoms. The topological polar surface area (TPSA) is 66.8 Å². The van der Waals surface area contributed by atoms with Crippen LogP contribution in [-0.2, 0) is 16.0 Å². The van der Waals surface area contributed by atoms with Crippen LogP contribution in [0.2, 0.25) is 0 Å². The second-order valence-corrected chi connectivity index (χ2v) is 4.03. The summed E-state index contributed by atoms with van der Waals surface area (Å²) in [6.07, 6.45) is 0.264. The summed E-state index contributed by atoms with van der Waals surface area (Å²) in [5.74, 6) is -0.754. The molecule has 1 rings (SSSR count). The van der Waals surface area contributed by atoms with Crippen LogP contribution in [0.4, 0.5) is 0 Å². The van der Waals surface area contributed by atoms with Gasteiger partial charge in [0.05, 0.1) is 12.0 Å². The molecule has 0 amide bonds. The Bertz CT molecular complexity index is 375. The number of phenolic OH excluding ortho intramolecular Hbond substituents is 1. The number of carboxylic acids is 1. The Morgan fingerprint density at radius 3 is 2.56 bits per heavy atom. The predicted molar refractivity (Wildman–Crippen MR) is 59.5 cm³/mol. The third kappa shape index (κ3) is 3.24. The van der Waals surface area contributed by atoms with Gasteiger partial charge in [0.25, 0.3) is 0 Å². The second-order valence-electron chi connectivity index (χ2n) is 4.03. The quantitative estimate of drug-likeness (QED) is 0.800. The molecule has 4 nitrogen and oxygen atoms in total. The zero-order valence-electron chi connectivity index (χ0n) is 9.43. The highest BCUT2D eigenvalue weighted by atomic mass is 16.5. The lowest BCUT2D eigenvalue weighted by Crippen LogP contribution is -2.33. The maximum Gasteiger partial charge on any atom is 0.306 e. The van der Waals surface area contributed by atoms with Crippen LogP contribution in [-0.4, -0.2) is 28.9 Å². The number of para-hydroxylation sites is 1. The summed E-state index contributed by atoms with van der Waals surface area (Å²) in [5, 5.41) is 18.4. The Hall–Kier alpha value is -1.55. The number of ether oxygens (including phenoxy) is 1. The van der Waals surface area contributed by atoms with Crippen LogP contribution in [0.25, 0.3) is 0 Å². The van der Waals surface area contributed by atoms with Gasteiger partial charge in [0.15, 0.2) is 0 Å². The van der Waals surface area contributed by atoms with Gasteiger partial charge in [-0.1, -0.05) is 18.2 Å². The van der Waals surface area contributed by atoms with E-state index in [4.69, 9.17) is 9.84 Å². The van der Waals surface area contributed by atoms with Crippen LogP contribution >= 0.6 is 0 Å². The Morgan fingerprint density at radius 1 is 1.44 bits per heavy atom. The molecule has 0 fully saturated rings. The lowest BCUT2D eigenvalue weighted by Gasteiger charge is -2.26. The second kappa shape index (κ2) is 4.99. The lowest BCUT2D eigenvalue weighted by molar-refractivity contribution is -0.143. The first-order valence-corrected chi connectivity index (χ1v) is 5.01. The number of rotatable bonds is 5. The van der Waals surface area contributed by atoms with Crippen LogP contribution in [0.5, 0.6) is 5.75 Å². The number of methoxy groups -OCH3 is 1. The van der Waals surface area contributed by atoms with E-state index in [0.29, 0.717) is 12.0 Å². The molecule has 0 saturated heterocycles. The summed E-state index contributed by atoms with van der Waals surface area (Å²) in [7, 11) is 1.48. The monoisotopic (exact) mass is 224 g/mol. The molecule has 16 heavy (non-hydrogen) atoms. The lowest BCUT2D eigenvalue weighted by atomic mass is 9.92. The molecule has 0 spiro atoms. The molecule has 4 heteroatoms. The van der Waals surface area contributed by atoms with E-state index in [1.54, 1.807) is 31.2 Å². The Morgan fingerprint density at radius 2 is 2.06 bits per heavy atom. The van der Waals surface area contributed by atoms with Crippen molar-refractivity contribution >= 4 is 5.97 Å². The van der Waals surface area contributed by atoms with Gasteiger partial charge in [-0.15, -0.1) is 0 Å². The van der Waals surface area contributed by atoms with Gasteiger partial charge < -0.3 is 14.9 Å². The normalized spacial score (nSPS) is 14.4. The zero-order chi connectivity index (χ0) is 12.2. The summed E-state index contributed by atoms with van der Waals surface area (Å²) in [6, 6.07) is 6.85. The van der Waals surface area contributed by atoms with E-state index >= 15 is 0 Å². The molecule has 0 saturated carbocycles. The maximum absolute atomic E-state index is 10.7. The number of carbonyl (C=O) groups is 1. The van der Waals surface area contributed by atoms with E-state index in [0.717, 1.165) is 0 Å². The fourth-order valence-electron chi connectivity index (χ4n) is 1.59. The molecule has 1 unspecified atom stereocenters. The van der Waals surface area contributed by atoms with E-state index in [1.807, 2.05) is 0 Å². The van der Waals surface area contributed by atoms with Crippen molar-refractivity contribution in [1.29, 1.82) is 0 Å². The smallest absolute Gasteiger partial charge is 0.306 e. The highest BCUT2D eigenvalue weighted by Crippen LogP contribution is 2.26. The largest absolute Gasteiger partial charge is 0.508 e. The third-order valence-electron chi connectivity index (χ3n) is 2.57. The molecule has 0 radical (unpaired) electrons. The van der Waals surface area contributed by atoms with Gasteiger partial charge in [0.2, 0.25) is 0 Å². The number of aromatic hydroxyl groups is 1. The van der Waals surface area contributed by atoms with Crippen LogP contribution in [0.15, 0.2) is 24.3 Å². The zero-order valence-corrected chi connectivity index (χ0v) is 9.43. The molecule has 0 aliphatic heterocycles. The van der Waals surface area contributed by atoms with Gasteiger partial charge in [-0.05, 0) is 18.6 Å². The van der Waals surface area contributed by atoms with Crippen LogP contribution < -0.4 is 0 Å². The van der Waals surface area contributed by atoms with E-state index in [9.17, 15) is 9.90 Å². The van der Waals surface area contributed by atoms with Crippen molar-refractivity contribution in [3.05, 3.63) is 29.8 Å². The van der Waals surface area contributed by atoms with Crippen LogP contribution in [0.3, 0.4) is 0 Å². The minimum atomic E-state index is -0.917. The van der Waals surface area contributed by atoms with Crippen molar-refractivity contribution in [2.24, 2.45) is 0 Å². The number of aliphatic carboxylic acids is 1. The van der Waals surface area contributed by atoms with Gasteiger partial charge in [-0.2, -0.15) is 0 Å². The van der Waals surface area contributed by atoms with Crippen molar-refractivity contribution in [3.8, 4) is 5.75 Å². The molecule has 0 aromatic heterocycles. The maximum atomic E-state index is 10.7. The average molecular weight is 224 g/mol. The SMILES string of the molecule is COC(C)(CC(=O)O)Cc1ccccc1O. The average Bonchev–Trinajstić information content (AvgIpc) is 2.20. The fourth-order valence-corrected chi connectivity index (χ4v) is 1.59. The predicted octanol–water partition coefficient (Wildman–Crippen LogP) is 1.81. The Balaban J connectivity index is 2.85. The first kappa shape index (κ1) is 12.5. The highest BCUT2D eigenvalue weighted by Gasteiger charge is 2.28. The first-order valence-electron chi connectivity index (χ1n) is 5.01. The Kier molecular flexibility index (Phi) is 3.90. The van der Waals surface area contributed by atoms with Crippen LogP contribution in [0, 0.1) is 0 Å². The molecular formula is C12H16O4. The number of hydrogen-bond acceptors (Lipinski definition) is 3. The van der Waals surface area contributed by atoms with E-state index < -0.39 is 11.6 Å². The number of benzene rings is 1. The van der Waals surface area contributed by atoms with Crippen molar-refractivity contribution in [1.82, 2.24) is 0 Å². The molecule has 88 valence electrons. The summed E-state index contributed by atoms with van der Waals surface area (Å²) in [4.78, 5) is 10.7. The minimum Gasteiger partial charge on any atom is -0.508 e. The molecule has 1 aromatic rings. The summed E-state index contributed by atoms with van der Waals surface area (Å²) in [6.45, 7) is 1.72. The van der Waals surface area contributed by atoms with Crippen molar-refractivity contribution < 1.29 is 19.7 Å². The van der Waals surface area contributed by atoms with E-state index in [1.165, 1.54) is 7.11 Å². The molecule has 0 aliphatic carbocycles. The third-order valence-corrected chi connectivity index (χ3v) is 2.57. The molecule has 2 N–H and O–H groups in total. The van der Waals surface area contributed by atoms with Crippen molar-refractivity contribution in [2.45, 2.75) is 25.4 Å². The number of carboxylic acid groups (broad SMARTS) is 1. The van der Waals surface area contributed by atoms with Crippen molar-refractivity contribution in [3.63, 3.8) is 0 Å².